The maximum atomic E-state index is 6.36. The molecule has 0 unspecified atom stereocenters. The van der Waals surface area contributed by atoms with Crippen LogP contribution in [0.2, 0.25) is 20.1 Å². The fourth-order valence-corrected chi connectivity index (χ4v) is 4.72. The smallest absolute Gasteiger partial charge is 0.172 e. The largest absolute Gasteiger partial charge is 0.452 e. The number of rotatable bonds is 4. The highest BCUT2D eigenvalue weighted by Crippen LogP contribution is 2.41. The number of halogens is 4. The van der Waals surface area contributed by atoms with Crippen molar-refractivity contribution in [3.8, 4) is 23.0 Å². The van der Waals surface area contributed by atoms with E-state index >= 15 is 0 Å². The fraction of sp³-hybridized carbons (Fsp3) is 0.250. The lowest BCUT2D eigenvalue weighted by atomic mass is 9.90. The third kappa shape index (κ3) is 4.17. The molecule has 0 amide bonds. The summed E-state index contributed by atoms with van der Waals surface area (Å²) in [6.07, 6.45) is 5.32. The van der Waals surface area contributed by atoms with Crippen molar-refractivity contribution in [3.05, 3.63) is 79.3 Å². The third-order valence-corrected chi connectivity index (χ3v) is 7.23. The Labute approximate surface area is 205 Å². The van der Waals surface area contributed by atoms with Gasteiger partial charge in [0.25, 0.3) is 0 Å². The summed E-state index contributed by atoms with van der Waals surface area (Å²) in [6, 6.07) is 14.1. The van der Waals surface area contributed by atoms with Gasteiger partial charge in [-0.3, -0.25) is 9.98 Å². The first-order valence-electron chi connectivity index (χ1n) is 10.3. The average molecular weight is 508 g/mol. The molecule has 0 bridgehead atoms. The molecule has 8 heteroatoms. The van der Waals surface area contributed by atoms with Crippen molar-refractivity contribution in [2.45, 2.75) is 37.8 Å². The van der Waals surface area contributed by atoms with E-state index < -0.39 is 5.66 Å². The molecule has 3 aromatic rings. The van der Waals surface area contributed by atoms with Gasteiger partial charge in [-0.15, -0.1) is 0 Å². The normalized spacial score (nSPS) is 16.2. The topological polar surface area (TPSA) is 43.2 Å². The minimum Gasteiger partial charge on any atom is -0.452 e. The molecule has 2 aliphatic rings. The maximum Gasteiger partial charge on any atom is 0.172 e. The Kier molecular flexibility index (Phi) is 5.98. The highest BCUT2D eigenvalue weighted by Gasteiger charge is 2.33. The Morgan fingerprint density at radius 1 is 0.625 bits per heavy atom. The molecule has 0 saturated heterocycles. The summed E-state index contributed by atoms with van der Waals surface area (Å²) in [5.74, 6) is 1.67. The molecule has 1 saturated carbocycles. The number of hydrogen-bond acceptors (Lipinski definition) is 4. The van der Waals surface area contributed by atoms with Crippen molar-refractivity contribution < 1.29 is 9.47 Å². The van der Waals surface area contributed by atoms with Crippen LogP contribution in [0.3, 0.4) is 0 Å². The molecule has 0 radical (unpaired) electrons. The Bertz CT molecular complexity index is 1230. The van der Waals surface area contributed by atoms with Gasteiger partial charge in [-0.25, -0.2) is 0 Å². The van der Waals surface area contributed by atoms with Gasteiger partial charge in [0.2, 0.25) is 0 Å². The first-order chi connectivity index (χ1) is 15.4. The standard InChI is InChI=1S/C24H18Cl4N2O2/c25-14-6-4-8-18(22(14)27)31-20-12-16-17(30-24(29-16)10-2-1-3-11-24)13-21(20)32-19-9-5-7-15(26)23(19)28/h4-9,12-13H,1-3,10-11H2. The molecular formula is C24H18Cl4N2O2. The van der Waals surface area contributed by atoms with Crippen molar-refractivity contribution >= 4 is 46.4 Å². The molecule has 1 spiro atoms. The van der Waals surface area contributed by atoms with Crippen LogP contribution in [0.25, 0.3) is 0 Å². The van der Waals surface area contributed by atoms with Crippen LogP contribution in [-0.2, 0) is 0 Å². The van der Waals surface area contributed by atoms with Gasteiger partial charge in [0.1, 0.15) is 21.5 Å². The van der Waals surface area contributed by atoms with Crippen LogP contribution in [0.15, 0.2) is 58.5 Å². The summed E-state index contributed by atoms with van der Waals surface area (Å²) in [6.45, 7) is 0. The van der Waals surface area contributed by atoms with Crippen LogP contribution in [0.4, 0.5) is 0 Å². The zero-order chi connectivity index (χ0) is 22.3. The van der Waals surface area contributed by atoms with Crippen LogP contribution in [-0.4, -0.2) is 5.66 Å². The second-order valence-electron chi connectivity index (χ2n) is 7.86. The minimum absolute atomic E-state index is 0.312. The van der Waals surface area contributed by atoms with Gasteiger partial charge in [0, 0.05) is 12.1 Å². The Morgan fingerprint density at radius 2 is 1.09 bits per heavy atom. The molecule has 1 aliphatic carbocycles. The number of hydrogen-bond donors (Lipinski definition) is 0. The van der Waals surface area contributed by atoms with E-state index in [1.165, 1.54) is 6.42 Å². The lowest BCUT2D eigenvalue weighted by molar-refractivity contribution is 0.309. The van der Waals surface area contributed by atoms with Crippen LogP contribution in [0.5, 0.6) is 23.0 Å². The molecule has 5 rings (SSSR count). The van der Waals surface area contributed by atoms with E-state index in [1.54, 1.807) is 36.4 Å². The van der Waals surface area contributed by atoms with Crippen molar-refractivity contribution in [2.75, 3.05) is 0 Å². The zero-order valence-electron chi connectivity index (χ0n) is 16.9. The van der Waals surface area contributed by atoms with Gasteiger partial charge in [-0.2, -0.15) is 0 Å². The van der Waals surface area contributed by atoms with E-state index in [2.05, 4.69) is 0 Å². The first-order valence-corrected chi connectivity index (χ1v) is 11.8. The quantitative estimate of drug-likeness (QED) is 0.361. The molecule has 164 valence electrons. The van der Waals surface area contributed by atoms with Gasteiger partial charge < -0.3 is 9.47 Å². The lowest BCUT2D eigenvalue weighted by Crippen LogP contribution is -2.25. The van der Waals surface area contributed by atoms with Gasteiger partial charge in [0.15, 0.2) is 17.2 Å². The van der Waals surface area contributed by atoms with Gasteiger partial charge >= 0.3 is 0 Å². The molecule has 32 heavy (non-hydrogen) atoms. The number of nitrogens with zero attached hydrogens (tertiary/aromatic N) is 2. The molecular weight excluding hydrogens is 490 g/mol. The molecule has 0 atom stereocenters. The molecule has 1 fully saturated rings. The van der Waals surface area contributed by atoms with Crippen molar-refractivity contribution in [1.29, 1.82) is 0 Å². The summed E-state index contributed by atoms with van der Waals surface area (Å²) < 4.78 is 12.3. The van der Waals surface area contributed by atoms with E-state index in [-0.39, 0.29) is 0 Å². The van der Waals surface area contributed by atoms with Crippen molar-refractivity contribution in [2.24, 2.45) is 9.98 Å². The average Bonchev–Trinajstić information content (AvgIpc) is 3.11. The van der Waals surface area contributed by atoms with E-state index in [1.807, 2.05) is 12.1 Å². The predicted octanol–water partition coefficient (Wildman–Crippen LogP) is 7.80. The molecule has 3 aromatic carbocycles. The van der Waals surface area contributed by atoms with Crippen LogP contribution in [0, 0.1) is 0 Å². The predicted molar refractivity (Wildman–Crippen MR) is 128 cm³/mol. The van der Waals surface area contributed by atoms with E-state index in [9.17, 15) is 0 Å². The summed E-state index contributed by atoms with van der Waals surface area (Å²) in [7, 11) is 0. The minimum atomic E-state index is -0.391. The number of benzene rings is 3. The molecule has 0 N–H and O–H groups in total. The summed E-state index contributed by atoms with van der Waals surface area (Å²) >= 11 is 25.1. The Morgan fingerprint density at radius 3 is 1.56 bits per heavy atom. The number of ether oxygens (including phenoxy) is 2. The highest BCUT2D eigenvalue weighted by molar-refractivity contribution is 6.43. The molecule has 1 aliphatic heterocycles. The van der Waals surface area contributed by atoms with E-state index in [0.29, 0.717) is 43.1 Å². The second kappa shape index (κ2) is 8.75. The van der Waals surface area contributed by atoms with Gasteiger partial charge in [-0.05, 0) is 49.9 Å². The van der Waals surface area contributed by atoms with Gasteiger partial charge in [-0.1, -0.05) is 65.0 Å². The fourth-order valence-electron chi connectivity index (χ4n) is 4.05. The SMILES string of the molecule is Clc1cccc(Oc2cc3c(cc2Oc2cccc(Cl)c2Cl)=NC2(CCCCC2)N=3)c1Cl. The van der Waals surface area contributed by atoms with Crippen LogP contribution >= 0.6 is 46.4 Å². The van der Waals surface area contributed by atoms with Gasteiger partial charge in [0.05, 0.1) is 20.8 Å². The Hall–Kier alpha value is -1.98. The van der Waals surface area contributed by atoms with E-state index in [0.717, 1.165) is 36.4 Å². The summed E-state index contributed by atoms with van der Waals surface area (Å²) in [5, 5.41) is 2.95. The highest BCUT2D eigenvalue weighted by atomic mass is 35.5. The monoisotopic (exact) mass is 506 g/mol. The first kappa shape index (κ1) is 21.8. The van der Waals surface area contributed by atoms with Crippen LogP contribution < -0.4 is 20.2 Å². The van der Waals surface area contributed by atoms with Crippen molar-refractivity contribution in [1.82, 2.24) is 0 Å². The molecule has 1 heterocycles. The molecule has 4 nitrogen and oxygen atoms in total. The Balaban J connectivity index is 1.62. The second-order valence-corrected chi connectivity index (χ2v) is 9.43. The maximum absolute atomic E-state index is 6.36. The summed E-state index contributed by atoms with van der Waals surface area (Å²) in [5.41, 5.74) is -0.391. The lowest BCUT2D eigenvalue weighted by Gasteiger charge is -2.27. The van der Waals surface area contributed by atoms with Crippen molar-refractivity contribution in [3.63, 3.8) is 0 Å². The molecule has 0 aromatic heterocycles. The van der Waals surface area contributed by atoms with Crippen LogP contribution in [0.1, 0.15) is 32.1 Å². The number of fused-ring (bicyclic) bond motifs is 1. The summed E-state index contributed by atoms with van der Waals surface area (Å²) in [4.78, 5) is 9.91. The zero-order valence-corrected chi connectivity index (χ0v) is 19.9. The van der Waals surface area contributed by atoms with E-state index in [4.69, 9.17) is 65.9 Å². The third-order valence-electron chi connectivity index (χ3n) is 5.62.